The van der Waals surface area contributed by atoms with Crippen molar-refractivity contribution in [3.05, 3.63) is 124 Å². The Morgan fingerprint density at radius 1 is 0.684 bits per heavy atom. The third kappa shape index (κ3) is 6.01. The summed E-state index contributed by atoms with van der Waals surface area (Å²) in [5, 5.41) is 0.459. The minimum atomic E-state index is -0.229. The van der Waals surface area contributed by atoms with Crippen LogP contribution >= 0.6 is 11.6 Å². The highest BCUT2D eigenvalue weighted by Crippen LogP contribution is 2.37. The SMILES string of the molecule is O=c1c(OCCCCl)c(-c2ccc(OCc3ccccc3)c(OCc3ccccc3)c2)oc2ccccc12. The molecule has 0 spiro atoms. The van der Waals surface area contributed by atoms with Crippen molar-refractivity contribution in [1.82, 2.24) is 0 Å². The third-order valence-corrected chi connectivity index (χ3v) is 6.23. The molecule has 0 N–H and O–H groups in total. The van der Waals surface area contributed by atoms with E-state index < -0.39 is 0 Å². The quantitative estimate of drug-likeness (QED) is 0.131. The molecule has 0 aliphatic heterocycles. The van der Waals surface area contributed by atoms with E-state index in [4.69, 9.17) is 30.2 Å². The number of halogens is 1. The summed E-state index contributed by atoms with van der Waals surface area (Å²) in [5.74, 6) is 2.04. The fourth-order valence-corrected chi connectivity index (χ4v) is 4.14. The minimum Gasteiger partial charge on any atom is -0.486 e. The molecule has 5 rings (SSSR count). The Balaban J connectivity index is 1.54. The van der Waals surface area contributed by atoms with Gasteiger partial charge in [-0.05, 0) is 47.9 Å². The first kappa shape index (κ1) is 25.4. The molecule has 5 nitrogen and oxygen atoms in total. The zero-order chi connectivity index (χ0) is 26.2. The second-order valence-corrected chi connectivity index (χ2v) is 9.06. The van der Waals surface area contributed by atoms with Crippen LogP contribution in [0.3, 0.4) is 0 Å². The molecule has 192 valence electrons. The van der Waals surface area contributed by atoms with E-state index in [1.54, 1.807) is 18.2 Å². The first-order valence-electron chi connectivity index (χ1n) is 12.5. The fourth-order valence-electron chi connectivity index (χ4n) is 4.03. The molecule has 4 aromatic carbocycles. The van der Waals surface area contributed by atoms with Gasteiger partial charge in [0.05, 0.1) is 12.0 Å². The minimum absolute atomic E-state index is 0.153. The average molecular weight is 527 g/mol. The van der Waals surface area contributed by atoms with Gasteiger partial charge in [0.15, 0.2) is 17.3 Å². The van der Waals surface area contributed by atoms with Gasteiger partial charge in [-0.3, -0.25) is 4.79 Å². The molecule has 38 heavy (non-hydrogen) atoms. The highest BCUT2D eigenvalue weighted by Gasteiger charge is 2.20. The van der Waals surface area contributed by atoms with Gasteiger partial charge in [0.25, 0.3) is 0 Å². The lowest BCUT2D eigenvalue weighted by atomic mass is 10.1. The monoisotopic (exact) mass is 526 g/mol. The van der Waals surface area contributed by atoms with Crippen LogP contribution in [-0.2, 0) is 13.2 Å². The Morgan fingerprint density at radius 3 is 2.00 bits per heavy atom. The first-order chi connectivity index (χ1) is 18.7. The van der Waals surface area contributed by atoms with E-state index in [-0.39, 0.29) is 11.2 Å². The smallest absolute Gasteiger partial charge is 0.235 e. The summed E-state index contributed by atoms with van der Waals surface area (Å²) in [6.45, 7) is 1.04. The molecular formula is C32H27ClO5. The first-order valence-corrected chi connectivity index (χ1v) is 13.0. The van der Waals surface area contributed by atoms with E-state index in [1.807, 2.05) is 84.9 Å². The molecule has 0 bridgehead atoms. The molecule has 1 heterocycles. The van der Waals surface area contributed by atoms with Crippen molar-refractivity contribution in [2.24, 2.45) is 0 Å². The summed E-state index contributed by atoms with van der Waals surface area (Å²) in [4.78, 5) is 13.4. The van der Waals surface area contributed by atoms with Crippen molar-refractivity contribution in [2.75, 3.05) is 12.5 Å². The predicted octanol–water partition coefficient (Wildman–Crippen LogP) is 7.63. The van der Waals surface area contributed by atoms with Crippen LogP contribution in [-0.4, -0.2) is 12.5 Å². The summed E-state index contributed by atoms with van der Waals surface area (Å²) < 4.78 is 24.5. The van der Waals surface area contributed by atoms with Gasteiger partial charge in [0, 0.05) is 11.4 Å². The Morgan fingerprint density at radius 2 is 1.32 bits per heavy atom. The Labute approximate surface area is 226 Å². The molecule has 0 unspecified atom stereocenters. The van der Waals surface area contributed by atoms with Gasteiger partial charge >= 0.3 is 0 Å². The van der Waals surface area contributed by atoms with Crippen molar-refractivity contribution in [2.45, 2.75) is 19.6 Å². The van der Waals surface area contributed by atoms with Gasteiger partial charge in [-0.25, -0.2) is 0 Å². The standard InChI is InChI=1S/C32H27ClO5/c33-18-9-19-35-32-30(34)26-14-7-8-15-27(26)38-31(32)25-16-17-28(36-21-23-10-3-1-4-11-23)29(20-25)37-22-24-12-5-2-6-13-24/h1-8,10-17,20H,9,18-19,21-22H2. The maximum absolute atomic E-state index is 13.4. The second-order valence-electron chi connectivity index (χ2n) is 8.69. The molecule has 5 aromatic rings. The molecule has 0 amide bonds. The molecule has 0 saturated carbocycles. The van der Waals surface area contributed by atoms with E-state index in [9.17, 15) is 4.79 Å². The third-order valence-electron chi connectivity index (χ3n) is 5.96. The lowest BCUT2D eigenvalue weighted by Gasteiger charge is -2.16. The summed E-state index contributed by atoms with van der Waals surface area (Å²) in [6.07, 6.45) is 0.602. The highest BCUT2D eigenvalue weighted by atomic mass is 35.5. The van der Waals surface area contributed by atoms with E-state index in [2.05, 4.69) is 0 Å². The van der Waals surface area contributed by atoms with Crippen molar-refractivity contribution in [3.63, 3.8) is 0 Å². The molecule has 6 heteroatoms. The topological polar surface area (TPSA) is 57.9 Å². The maximum Gasteiger partial charge on any atom is 0.235 e. The van der Waals surface area contributed by atoms with Crippen molar-refractivity contribution >= 4 is 22.6 Å². The Kier molecular flexibility index (Phi) is 8.26. The molecule has 0 radical (unpaired) electrons. The number of rotatable bonds is 11. The molecule has 0 aliphatic carbocycles. The molecule has 0 atom stereocenters. The lowest BCUT2D eigenvalue weighted by molar-refractivity contribution is 0.256. The maximum atomic E-state index is 13.4. The summed E-state index contributed by atoms with van der Waals surface area (Å²) in [7, 11) is 0. The van der Waals surface area contributed by atoms with Crippen LogP contribution in [0.2, 0.25) is 0 Å². The van der Waals surface area contributed by atoms with Gasteiger partial charge in [0.2, 0.25) is 11.2 Å². The summed E-state index contributed by atoms with van der Waals surface area (Å²) >= 11 is 5.84. The largest absolute Gasteiger partial charge is 0.486 e. The van der Waals surface area contributed by atoms with Crippen molar-refractivity contribution in [1.29, 1.82) is 0 Å². The van der Waals surface area contributed by atoms with Crippen LogP contribution in [0, 0.1) is 0 Å². The van der Waals surface area contributed by atoms with Crippen LogP contribution < -0.4 is 19.6 Å². The normalized spacial score (nSPS) is 10.9. The second kappa shape index (κ2) is 12.3. The van der Waals surface area contributed by atoms with E-state index in [0.717, 1.165) is 11.1 Å². The molecular weight excluding hydrogens is 500 g/mol. The molecule has 0 saturated heterocycles. The van der Waals surface area contributed by atoms with E-state index in [0.29, 0.717) is 65.9 Å². The van der Waals surface area contributed by atoms with Crippen LogP contribution in [0.15, 0.2) is 112 Å². The van der Waals surface area contributed by atoms with Gasteiger partial charge in [-0.15, -0.1) is 11.6 Å². The van der Waals surface area contributed by atoms with Gasteiger partial charge < -0.3 is 18.6 Å². The number of hydrogen-bond acceptors (Lipinski definition) is 5. The number of benzene rings is 4. The van der Waals surface area contributed by atoms with Crippen LogP contribution in [0.1, 0.15) is 17.5 Å². The van der Waals surface area contributed by atoms with Crippen LogP contribution in [0.5, 0.6) is 17.2 Å². The highest BCUT2D eigenvalue weighted by molar-refractivity contribution is 6.17. The average Bonchev–Trinajstić information content (AvgIpc) is 2.97. The van der Waals surface area contributed by atoms with E-state index >= 15 is 0 Å². The Hall–Kier alpha value is -4.22. The van der Waals surface area contributed by atoms with E-state index in [1.165, 1.54) is 0 Å². The van der Waals surface area contributed by atoms with Crippen molar-refractivity contribution in [3.8, 4) is 28.6 Å². The predicted molar refractivity (Wildman–Crippen MR) is 150 cm³/mol. The lowest BCUT2D eigenvalue weighted by Crippen LogP contribution is -2.11. The van der Waals surface area contributed by atoms with Gasteiger partial charge in [-0.2, -0.15) is 0 Å². The van der Waals surface area contributed by atoms with Gasteiger partial charge in [-0.1, -0.05) is 72.8 Å². The molecule has 0 fully saturated rings. The fraction of sp³-hybridized carbons (Fsp3) is 0.156. The number of fused-ring (bicyclic) bond motifs is 1. The van der Waals surface area contributed by atoms with Crippen LogP contribution in [0.4, 0.5) is 0 Å². The number of ether oxygens (including phenoxy) is 3. The molecule has 0 aliphatic rings. The zero-order valence-corrected chi connectivity index (χ0v) is 21.5. The van der Waals surface area contributed by atoms with Gasteiger partial charge in [0.1, 0.15) is 18.8 Å². The number of alkyl halides is 1. The summed E-state index contributed by atoms with van der Waals surface area (Å²) in [5.41, 5.74) is 2.96. The van der Waals surface area contributed by atoms with Crippen LogP contribution in [0.25, 0.3) is 22.3 Å². The number of para-hydroxylation sites is 1. The molecule has 1 aromatic heterocycles. The Bertz CT molecular complexity index is 1550. The number of hydrogen-bond donors (Lipinski definition) is 0. The zero-order valence-electron chi connectivity index (χ0n) is 20.8. The van der Waals surface area contributed by atoms with Crippen molar-refractivity contribution < 1.29 is 18.6 Å². The summed E-state index contributed by atoms with van der Waals surface area (Å²) in [6, 6.07) is 32.5.